The van der Waals surface area contributed by atoms with Crippen molar-refractivity contribution in [2.24, 2.45) is 5.73 Å². The van der Waals surface area contributed by atoms with Crippen molar-refractivity contribution in [2.75, 3.05) is 0 Å². The molecule has 0 aliphatic carbocycles. The van der Waals surface area contributed by atoms with E-state index in [0.717, 1.165) is 21.9 Å². The Morgan fingerprint density at radius 3 is 1.86 bits per heavy atom. The Labute approximate surface area is 171 Å². The predicted octanol–water partition coefficient (Wildman–Crippen LogP) is 4.56. The van der Waals surface area contributed by atoms with Crippen LogP contribution in [0.15, 0.2) is 108 Å². The second-order valence-electron chi connectivity index (χ2n) is 6.96. The summed E-state index contributed by atoms with van der Waals surface area (Å²) in [7, 11) is -3.78. The Morgan fingerprint density at radius 2 is 1.21 bits per heavy atom. The predicted molar refractivity (Wildman–Crippen MR) is 117 cm³/mol. The molecule has 0 saturated heterocycles. The highest BCUT2D eigenvalue weighted by Crippen LogP contribution is 2.29. The lowest BCUT2D eigenvalue weighted by atomic mass is 9.95. The van der Waals surface area contributed by atoms with Gasteiger partial charge in [-0.2, -0.15) is 0 Å². The minimum absolute atomic E-state index is 0.220. The lowest BCUT2D eigenvalue weighted by Gasteiger charge is -2.26. The van der Waals surface area contributed by atoms with Crippen LogP contribution in [-0.4, -0.2) is 8.42 Å². The van der Waals surface area contributed by atoms with Gasteiger partial charge in [-0.25, -0.2) is 13.1 Å². The number of benzene rings is 4. The molecule has 0 aliphatic rings. The van der Waals surface area contributed by atoms with Gasteiger partial charge in [-0.1, -0.05) is 91.0 Å². The van der Waals surface area contributed by atoms with Crippen molar-refractivity contribution < 1.29 is 8.42 Å². The smallest absolute Gasteiger partial charge is 0.241 e. The number of hydrogen-bond acceptors (Lipinski definition) is 3. The summed E-state index contributed by atoms with van der Waals surface area (Å²) in [6, 6.07) is 30.6. The molecule has 0 radical (unpaired) electrons. The zero-order valence-electron chi connectivity index (χ0n) is 15.8. The SMILES string of the molecule is NC(c1ccccc1)C(NS(=O)(=O)c1ccc2ccccc2c1)c1ccccc1. The molecule has 4 aromatic carbocycles. The van der Waals surface area contributed by atoms with Crippen LogP contribution in [0.4, 0.5) is 0 Å². The van der Waals surface area contributed by atoms with E-state index in [1.807, 2.05) is 91.0 Å². The Morgan fingerprint density at radius 1 is 0.655 bits per heavy atom. The van der Waals surface area contributed by atoms with Crippen LogP contribution in [-0.2, 0) is 10.0 Å². The molecular formula is C24H22N2O2S. The fourth-order valence-corrected chi connectivity index (χ4v) is 4.73. The summed E-state index contributed by atoms with van der Waals surface area (Å²) in [5, 5.41) is 1.87. The van der Waals surface area contributed by atoms with Gasteiger partial charge in [0.05, 0.1) is 17.0 Å². The minimum atomic E-state index is -3.78. The fraction of sp³-hybridized carbons (Fsp3) is 0.0833. The second kappa shape index (κ2) is 8.17. The highest BCUT2D eigenvalue weighted by atomic mass is 32.2. The summed E-state index contributed by atoms with van der Waals surface area (Å²) in [4.78, 5) is 0.220. The Kier molecular flexibility index (Phi) is 5.45. The second-order valence-corrected chi connectivity index (χ2v) is 8.67. The van der Waals surface area contributed by atoms with Gasteiger partial charge in [-0.15, -0.1) is 0 Å². The maximum Gasteiger partial charge on any atom is 0.241 e. The summed E-state index contributed by atoms with van der Waals surface area (Å²) < 4.78 is 29.3. The van der Waals surface area contributed by atoms with E-state index in [1.165, 1.54) is 0 Å². The first-order valence-corrected chi connectivity index (χ1v) is 10.9. The van der Waals surface area contributed by atoms with Gasteiger partial charge >= 0.3 is 0 Å². The van der Waals surface area contributed by atoms with E-state index in [9.17, 15) is 8.42 Å². The average molecular weight is 403 g/mol. The molecule has 0 aromatic heterocycles. The van der Waals surface area contributed by atoms with Crippen molar-refractivity contribution in [1.82, 2.24) is 4.72 Å². The first-order chi connectivity index (χ1) is 14.0. The Hall–Kier alpha value is -2.99. The molecule has 4 rings (SSSR count). The molecule has 4 nitrogen and oxygen atoms in total. The molecule has 2 atom stereocenters. The summed E-state index contributed by atoms with van der Waals surface area (Å²) in [6.07, 6.45) is 0. The molecule has 0 spiro atoms. The van der Waals surface area contributed by atoms with Gasteiger partial charge in [-0.3, -0.25) is 0 Å². The maximum absolute atomic E-state index is 13.2. The first kappa shape index (κ1) is 19.3. The van der Waals surface area contributed by atoms with E-state index in [2.05, 4.69) is 4.72 Å². The minimum Gasteiger partial charge on any atom is -0.322 e. The molecule has 5 heteroatoms. The highest BCUT2D eigenvalue weighted by molar-refractivity contribution is 7.89. The van der Waals surface area contributed by atoms with Gasteiger partial charge < -0.3 is 5.73 Å². The molecule has 0 aliphatic heterocycles. The molecular weight excluding hydrogens is 380 g/mol. The van der Waals surface area contributed by atoms with E-state index in [-0.39, 0.29) is 4.90 Å². The quantitative estimate of drug-likeness (QED) is 0.497. The van der Waals surface area contributed by atoms with Crippen LogP contribution in [0.1, 0.15) is 23.2 Å². The summed E-state index contributed by atoms with van der Waals surface area (Å²) in [5.74, 6) is 0. The lowest BCUT2D eigenvalue weighted by Crippen LogP contribution is -2.36. The third-order valence-corrected chi connectivity index (χ3v) is 6.45. The van der Waals surface area contributed by atoms with Crippen molar-refractivity contribution in [1.29, 1.82) is 0 Å². The van der Waals surface area contributed by atoms with Gasteiger partial charge in [-0.05, 0) is 34.0 Å². The van der Waals surface area contributed by atoms with Gasteiger partial charge in [0.1, 0.15) is 0 Å². The molecule has 146 valence electrons. The van der Waals surface area contributed by atoms with E-state index < -0.39 is 22.1 Å². The summed E-state index contributed by atoms with van der Waals surface area (Å²) in [5.41, 5.74) is 8.20. The summed E-state index contributed by atoms with van der Waals surface area (Å²) in [6.45, 7) is 0. The largest absolute Gasteiger partial charge is 0.322 e. The normalized spacial score (nSPS) is 13.8. The van der Waals surface area contributed by atoms with Crippen LogP contribution >= 0.6 is 0 Å². The van der Waals surface area contributed by atoms with Crippen LogP contribution < -0.4 is 10.5 Å². The number of hydrogen-bond donors (Lipinski definition) is 2. The number of nitrogens with one attached hydrogen (secondary N) is 1. The van der Waals surface area contributed by atoms with Gasteiger partial charge in [0, 0.05) is 0 Å². The zero-order chi connectivity index (χ0) is 20.3. The number of rotatable bonds is 6. The standard InChI is InChI=1S/C24H22N2O2S/c25-23(19-10-3-1-4-11-19)24(20-12-5-2-6-13-20)26-29(27,28)22-16-15-18-9-7-8-14-21(18)17-22/h1-17,23-24,26H,25H2. The van der Waals surface area contributed by atoms with Gasteiger partial charge in [0.25, 0.3) is 0 Å². The van der Waals surface area contributed by atoms with Crippen molar-refractivity contribution in [2.45, 2.75) is 17.0 Å². The van der Waals surface area contributed by atoms with E-state index in [1.54, 1.807) is 12.1 Å². The zero-order valence-corrected chi connectivity index (χ0v) is 16.6. The van der Waals surface area contributed by atoms with E-state index >= 15 is 0 Å². The Bertz CT molecular complexity index is 1210. The molecule has 0 heterocycles. The number of nitrogens with two attached hydrogens (primary N) is 1. The lowest BCUT2D eigenvalue weighted by molar-refractivity contribution is 0.504. The van der Waals surface area contributed by atoms with Crippen LogP contribution in [0, 0.1) is 0 Å². The van der Waals surface area contributed by atoms with Gasteiger partial charge in [0.2, 0.25) is 10.0 Å². The first-order valence-electron chi connectivity index (χ1n) is 9.41. The molecule has 0 amide bonds. The van der Waals surface area contributed by atoms with Gasteiger partial charge in [0.15, 0.2) is 0 Å². The van der Waals surface area contributed by atoms with Crippen LogP contribution in [0.5, 0.6) is 0 Å². The molecule has 3 N–H and O–H groups in total. The topological polar surface area (TPSA) is 72.2 Å². The van der Waals surface area contributed by atoms with E-state index in [4.69, 9.17) is 5.73 Å². The van der Waals surface area contributed by atoms with Crippen LogP contribution in [0.25, 0.3) is 10.8 Å². The monoisotopic (exact) mass is 402 g/mol. The molecule has 0 bridgehead atoms. The van der Waals surface area contributed by atoms with Crippen LogP contribution in [0.2, 0.25) is 0 Å². The third-order valence-electron chi connectivity index (χ3n) is 5.02. The molecule has 0 saturated carbocycles. The average Bonchev–Trinajstić information content (AvgIpc) is 2.78. The highest BCUT2D eigenvalue weighted by Gasteiger charge is 2.27. The van der Waals surface area contributed by atoms with Crippen molar-refractivity contribution in [3.05, 3.63) is 114 Å². The Balaban J connectivity index is 1.72. The van der Waals surface area contributed by atoms with E-state index in [0.29, 0.717) is 0 Å². The number of sulfonamides is 1. The van der Waals surface area contributed by atoms with Crippen molar-refractivity contribution in [3.63, 3.8) is 0 Å². The molecule has 4 aromatic rings. The number of fused-ring (bicyclic) bond motifs is 1. The maximum atomic E-state index is 13.2. The van der Waals surface area contributed by atoms with Crippen LogP contribution in [0.3, 0.4) is 0 Å². The van der Waals surface area contributed by atoms with Crippen molar-refractivity contribution >= 4 is 20.8 Å². The molecule has 2 unspecified atom stereocenters. The fourth-order valence-electron chi connectivity index (χ4n) is 3.45. The molecule has 0 fully saturated rings. The van der Waals surface area contributed by atoms with Crippen molar-refractivity contribution in [3.8, 4) is 0 Å². The third kappa shape index (κ3) is 4.22. The summed E-state index contributed by atoms with van der Waals surface area (Å²) >= 11 is 0. The molecule has 29 heavy (non-hydrogen) atoms.